The molecular formula is C17H29P. The molecule has 1 aromatic carbocycles. The Hall–Kier alpha value is -0.350. The normalized spacial score (nSPS) is 12.7. The van der Waals surface area contributed by atoms with E-state index in [9.17, 15) is 0 Å². The summed E-state index contributed by atoms with van der Waals surface area (Å²) in [6.07, 6.45) is 9.14. The molecule has 0 saturated carbocycles. The summed E-state index contributed by atoms with van der Waals surface area (Å²) in [5.74, 6) is 0. The quantitative estimate of drug-likeness (QED) is 0.571. The van der Waals surface area contributed by atoms with Crippen LogP contribution in [0.3, 0.4) is 0 Å². The lowest BCUT2D eigenvalue weighted by atomic mass is 9.98. The van der Waals surface area contributed by atoms with E-state index in [0.29, 0.717) is 0 Å². The van der Waals surface area contributed by atoms with E-state index in [1.807, 2.05) is 0 Å². The first-order chi connectivity index (χ1) is 8.74. The minimum atomic E-state index is 0.0580. The lowest BCUT2D eigenvalue weighted by Gasteiger charge is -2.19. The number of hydrogen-bond donors (Lipinski definition) is 0. The molecule has 0 aliphatic rings. The molecule has 0 heterocycles. The largest absolute Gasteiger partial charge is 0.0785 e. The monoisotopic (exact) mass is 264 g/mol. The summed E-state index contributed by atoms with van der Waals surface area (Å²) in [6.45, 7) is 9.34. The van der Waals surface area contributed by atoms with Crippen molar-refractivity contribution in [3.63, 3.8) is 0 Å². The average Bonchev–Trinajstić information content (AvgIpc) is 2.42. The van der Waals surface area contributed by atoms with Gasteiger partial charge in [-0.1, -0.05) is 59.7 Å². The molecule has 0 saturated heterocycles. The molecule has 0 radical (unpaired) electrons. The molecule has 18 heavy (non-hydrogen) atoms. The van der Waals surface area contributed by atoms with E-state index < -0.39 is 0 Å². The first kappa shape index (κ1) is 15.7. The van der Waals surface area contributed by atoms with E-state index in [2.05, 4.69) is 45.6 Å². The minimum Gasteiger partial charge on any atom is -0.0785 e. The van der Waals surface area contributed by atoms with E-state index in [1.54, 1.807) is 16.4 Å². The molecule has 1 rings (SSSR count). The molecule has 0 nitrogen and oxygen atoms in total. The average molecular weight is 264 g/mol. The Morgan fingerprint density at radius 3 is 2.22 bits per heavy atom. The summed E-state index contributed by atoms with van der Waals surface area (Å²) in [5, 5.41) is 1.68. The summed E-state index contributed by atoms with van der Waals surface area (Å²) in [6, 6.07) is 7.03. The zero-order valence-electron chi connectivity index (χ0n) is 12.6. The summed E-state index contributed by atoms with van der Waals surface area (Å²) >= 11 is 0. The Morgan fingerprint density at radius 2 is 1.61 bits per heavy atom. The van der Waals surface area contributed by atoms with Gasteiger partial charge in [0.15, 0.2) is 0 Å². The fourth-order valence-corrected chi connectivity index (χ4v) is 3.79. The second kappa shape index (κ2) is 8.70. The van der Waals surface area contributed by atoms with Gasteiger partial charge in [-0.2, -0.15) is 0 Å². The minimum absolute atomic E-state index is 0.0580. The van der Waals surface area contributed by atoms with Gasteiger partial charge in [0.05, 0.1) is 0 Å². The predicted molar refractivity (Wildman–Crippen MR) is 86.7 cm³/mol. The maximum absolute atomic E-state index is 2.43. The van der Waals surface area contributed by atoms with Crippen molar-refractivity contribution in [1.29, 1.82) is 0 Å². The van der Waals surface area contributed by atoms with Crippen molar-refractivity contribution in [3.05, 3.63) is 29.3 Å². The van der Waals surface area contributed by atoms with Crippen molar-refractivity contribution in [2.24, 2.45) is 0 Å². The first-order valence-electron chi connectivity index (χ1n) is 7.56. The maximum Gasteiger partial charge on any atom is -0.0209 e. The molecule has 0 N–H and O–H groups in total. The van der Waals surface area contributed by atoms with E-state index in [-0.39, 0.29) is 7.92 Å². The summed E-state index contributed by atoms with van der Waals surface area (Å²) in [5.41, 5.74) is 3.33. The standard InChI is InChI=1S/C17H29P/c1-5-8-11-15-12-10-14-17(18(4)7-3)16(15)13-9-6-2/h10,12,14H,5-9,11,13H2,1-4H3. The molecule has 0 aliphatic heterocycles. The van der Waals surface area contributed by atoms with Gasteiger partial charge in [0.25, 0.3) is 0 Å². The van der Waals surface area contributed by atoms with Gasteiger partial charge in [-0.05, 0) is 54.9 Å². The highest BCUT2D eigenvalue weighted by atomic mass is 31.1. The first-order valence-corrected chi connectivity index (χ1v) is 9.53. The zero-order chi connectivity index (χ0) is 13.4. The van der Waals surface area contributed by atoms with Gasteiger partial charge in [0.2, 0.25) is 0 Å². The highest BCUT2D eigenvalue weighted by molar-refractivity contribution is 7.64. The van der Waals surface area contributed by atoms with Gasteiger partial charge in [-0.3, -0.25) is 0 Å². The van der Waals surface area contributed by atoms with Crippen LogP contribution in [0.1, 0.15) is 57.6 Å². The van der Waals surface area contributed by atoms with Crippen molar-refractivity contribution in [2.75, 3.05) is 12.8 Å². The van der Waals surface area contributed by atoms with E-state index >= 15 is 0 Å². The second-order valence-corrected chi connectivity index (χ2v) is 7.65. The third-order valence-corrected chi connectivity index (χ3v) is 5.90. The second-order valence-electron chi connectivity index (χ2n) is 5.14. The molecule has 1 atom stereocenters. The zero-order valence-corrected chi connectivity index (χ0v) is 13.5. The van der Waals surface area contributed by atoms with Crippen molar-refractivity contribution in [3.8, 4) is 0 Å². The number of unbranched alkanes of at least 4 members (excludes halogenated alkanes) is 2. The molecule has 0 aliphatic carbocycles. The summed E-state index contributed by atoms with van der Waals surface area (Å²) in [7, 11) is 0.0580. The van der Waals surface area contributed by atoms with Crippen LogP contribution in [0.2, 0.25) is 0 Å². The predicted octanol–water partition coefficient (Wildman–Crippen LogP) is 5.13. The molecule has 0 bridgehead atoms. The third kappa shape index (κ3) is 4.39. The molecule has 1 aromatic rings. The van der Waals surface area contributed by atoms with E-state index in [1.165, 1.54) is 44.7 Å². The fraction of sp³-hybridized carbons (Fsp3) is 0.647. The molecule has 1 unspecified atom stereocenters. The summed E-state index contributed by atoms with van der Waals surface area (Å²) < 4.78 is 0. The van der Waals surface area contributed by atoms with Gasteiger partial charge in [0, 0.05) is 0 Å². The van der Waals surface area contributed by atoms with Crippen LogP contribution in [-0.2, 0) is 12.8 Å². The Balaban J connectivity index is 3.00. The van der Waals surface area contributed by atoms with Crippen LogP contribution in [-0.4, -0.2) is 12.8 Å². The van der Waals surface area contributed by atoms with Crippen LogP contribution in [0.25, 0.3) is 0 Å². The van der Waals surface area contributed by atoms with Crippen molar-refractivity contribution < 1.29 is 0 Å². The third-order valence-electron chi connectivity index (χ3n) is 3.71. The SMILES string of the molecule is CCCCc1cccc(P(C)CC)c1CCCC. The van der Waals surface area contributed by atoms with Crippen LogP contribution < -0.4 is 5.30 Å². The Kier molecular flexibility index (Phi) is 7.59. The highest BCUT2D eigenvalue weighted by Gasteiger charge is 2.11. The topological polar surface area (TPSA) is 0 Å². The van der Waals surface area contributed by atoms with Crippen molar-refractivity contribution >= 4 is 13.2 Å². The van der Waals surface area contributed by atoms with E-state index in [0.717, 1.165) is 0 Å². The van der Waals surface area contributed by atoms with Gasteiger partial charge < -0.3 is 0 Å². The lowest BCUT2D eigenvalue weighted by Crippen LogP contribution is -2.12. The number of benzene rings is 1. The van der Waals surface area contributed by atoms with Crippen molar-refractivity contribution in [2.45, 2.75) is 59.3 Å². The molecule has 0 aromatic heterocycles. The van der Waals surface area contributed by atoms with Crippen molar-refractivity contribution in [1.82, 2.24) is 0 Å². The van der Waals surface area contributed by atoms with Crippen LogP contribution in [0.4, 0.5) is 0 Å². The van der Waals surface area contributed by atoms with Crippen LogP contribution in [0.15, 0.2) is 18.2 Å². The lowest BCUT2D eigenvalue weighted by molar-refractivity contribution is 0.761. The fourth-order valence-electron chi connectivity index (χ4n) is 2.39. The van der Waals surface area contributed by atoms with Gasteiger partial charge >= 0.3 is 0 Å². The van der Waals surface area contributed by atoms with Crippen LogP contribution in [0.5, 0.6) is 0 Å². The molecular weight excluding hydrogens is 235 g/mol. The van der Waals surface area contributed by atoms with Gasteiger partial charge in [-0.25, -0.2) is 0 Å². The highest BCUT2D eigenvalue weighted by Crippen LogP contribution is 2.32. The summed E-state index contributed by atoms with van der Waals surface area (Å²) in [4.78, 5) is 0. The number of aryl methyl sites for hydroxylation is 1. The smallest absolute Gasteiger partial charge is 0.0209 e. The van der Waals surface area contributed by atoms with Crippen LogP contribution in [0, 0.1) is 0 Å². The van der Waals surface area contributed by atoms with Gasteiger partial charge in [-0.15, -0.1) is 0 Å². The molecule has 0 amide bonds. The van der Waals surface area contributed by atoms with E-state index in [4.69, 9.17) is 0 Å². The van der Waals surface area contributed by atoms with Gasteiger partial charge in [0.1, 0.15) is 0 Å². The number of rotatable bonds is 8. The molecule has 1 heteroatoms. The van der Waals surface area contributed by atoms with Crippen LogP contribution >= 0.6 is 7.92 Å². The molecule has 0 spiro atoms. The Morgan fingerprint density at radius 1 is 0.944 bits per heavy atom. The molecule has 102 valence electrons. The Labute approximate surface area is 115 Å². The Bertz CT molecular complexity index is 343. The maximum atomic E-state index is 2.43. The molecule has 0 fully saturated rings. The number of hydrogen-bond acceptors (Lipinski definition) is 0.